The van der Waals surface area contributed by atoms with E-state index < -0.39 is 106 Å². The lowest BCUT2D eigenvalue weighted by Crippen LogP contribution is -2.81. The molecule has 1 amide bonds. The predicted molar refractivity (Wildman–Crippen MR) is 174 cm³/mol. The van der Waals surface area contributed by atoms with Crippen LogP contribution in [0.25, 0.3) is 0 Å². The molecule has 6 N–H and O–H groups in total. The largest absolute Gasteiger partial charge is 0.456 e. The van der Waals surface area contributed by atoms with Crippen LogP contribution in [0, 0.1) is 16.7 Å². The van der Waals surface area contributed by atoms with Crippen LogP contribution < -0.4 is 5.32 Å². The zero-order chi connectivity index (χ0) is 37.4. The van der Waals surface area contributed by atoms with Gasteiger partial charge < -0.3 is 49.8 Å². The van der Waals surface area contributed by atoms with Crippen LogP contribution in [0.2, 0.25) is 0 Å². The van der Waals surface area contributed by atoms with Crippen molar-refractivity contribution < 1.29 is 63.7 Å². The molecule has 0 aromatic heterocycles. The Morgan fingerprint density at radius 3 is 2.22 bits per heavy atom. The third kappa shape index (κ3) is 5.83. The molecule has 3 fully saturated rings. The number of nitrogens with one attached hydrogen (secondary N) is 1. The number of fused-ring (bicyclic) bond motifs is 5. The molecule has 2 bridgehead atoms. The normalized spacial score (nSPS) is 37.4. The minimum absolute atomic E-state index is 0.0329. The SMILES string of the molecule is CC(=O)O[C@@]12CO[C@@H]1C[C@H](O)[C@@]1(C)C(=O)[C@H](O)C3=C(C)[C@@H](OC(=O)[C@H](O)[C@@H](NC(=O)OC(C)(C)C)c4ccccc4)C[C@@](O)(C(O)C12)C3(C)C. The predicted octanol–water partition coefficient (Wildman–Crippen LogP) is 1.39. The first-order valence-electron chi connectivity index (χ1n) is 16.8. The van der Waals surface area contributed by atoms with Gasteiger partial charge in [0.1, 0.15) is 29.5 Å². The molecule has 0 radical (unpaired) electrons. The van der Waals surface area contributed by atoms with Crippen LogP contribution >= 0.6 is 0 Å². The van der Waals surface area contributed by atoms with Gasteiger partial charge in [-0.3, -0.25) is 9.59 Å². The number of carbonyl (C=O) groups excluding carboxylic acids is 4. The van der Waals surface area contributed by atoms with E-state index in [0.717, 1.165) is 6.92 Å². The maximum atomic E-state index is 14.4. The number of ether oxygens (including phenoxy) is 4. The molecular formula is C36H49NO13. The Bertz CT molecular complexity index is 1570. The Hall–Kier alpha value is -3.40. The van der Waals surface area contributed by atoms with Crippen molar-refractivity contribution in [2.24, 2.45) is 16.7 Å². The zero-order valence-electron chi connectivity index (χ0n) is 29.6. The molecule has 2 unspecified atom stereocenters. The van der Waals surface area contributed by atoms with E-state index >= 15 is 0 Å². The molecule has 4 aliphatic rings. The first kappa shape index (κ1) is 37.8. The number of hydrogen-bond acceptors (Lipinski definition) is 13. The molecule has 0 spiro atoms. The average Bonchev–Trinajstić information content (AvgIpc) is 3.01. The van der Waals surface area contributed by atoms with Gasteiger partial charge in [0.15, 0.2) is 17.5 Å². The number of amides is 1. The maximum absolute atomic E-state index is 14.4. The van der Waals surface area contributed by atoms with Crippen LogP contribution in [0.4, 0.5) is 4.79 Å². The van der Waals surface area contributed by atoms with Crippen LogP contribution in [0.3, 0.4) is 0 Å². The fourth-order valence-corrected chi connectivity index (χ4v) is 8.68. The molecule has 1 aromatic carbocycles. The maximum Gasteiger partial charge on any atom is 0.408 e. The van der Waals surface area contributed by atoms with Gasteiger partial charge in [-0.15, -0.1) is 0 Å². The molecule has 14 heteroatoms. The number of rotatable bonds is 6. The van der Waals surface area contributed by atoms with Crippen molar-refractivity contribution in [3.63, 3.8) is 0 Å². The van der Waals surface area contributed by atoms with Gasteiger partial charge >= 0.3 is 18.0 Å². The molecule has 1 saturated heterocycles. The number of benzene rings is 1. The minimum atomic E-state index is -2.27. The molecule has 276 valence electrons. The Morgan fingerprint density at radius 2 is 1.68 bits per heavy atom. The van der Waals surface area contributed by atoms with Crippen molar-refractivity contribution in [3.05, 3.63) is 47.0 Å². The lowest BCUT2D eigenvalue weighted by molar-refractivity contribution is -0.346. The molecule has 50 heavy (non-hydrogen) atoms. The molecule has 1 heterocycles. The number of aliphatic hydroxyl groups is 5. The first-order chi connectivity index (χ1) is 23.0. The van der Waals surface area contributed by atoms with Crippen molar-refractivity contribution in [1.82, 2.24) is 5.32 Å². The second kappa shape index (κ2) is 12.7. The third-order valence-corrected chi connectivity index (χ3v) is 11.4. The summed E-state index contributed by atoms with van der Waals surface area (Å²) < 4.78 is 22.6. The van der Waals surface area contributed by atoms with Gasteiger partial charge in [0.2, 0.25) is 0 Å². The van der Waals surface area contributed by atoms with Crippen LogP contribution in [0.5, 0.6) is 0 Å². The monoisotopic (exact) mass is 703 g/mol. The van der Waals surface area contributed by atoms with E-state index in [1.54, 1.807) is 51.1 Å². The van der Waals surface area contributed by atoms with Gasteiger partial charge in [-0.05, 0) is 51.3 Å². The second-order valence-electron chi connectivity index (χ2n) is 15.8. The van der Waals surface area contributed by atoms with Crippen molar-refractivity contribution >= 4 is 23.8 Å². The molecule has 14 nitrogen and oxygen atoms in total. The highest BCUT2D eigenvalue weighted by atomic mass is 16.6. The summed E-state index contributed by atoms with van der Waals surface area (Å²) >= 11 is 0. The van der Waals surface area contributed by atoms with Crippen LogP contribution in [-0.4, -0.2) is 109 Å². The van der Waals surface area contributed by atoms with Gasteiger partial charge in [-0.1, -0.05) is 44.2 Å². The van der Waals surface area contributed by atoms with Gasteiger partial charge in [0.25, 0.3) is 0 Å². The summed E-state index contributed by atoms with van der Waals surface area (Å²) in [5, 5.41) is 62.2. The first-order valence-corrected chi connectivity index (χ1v) is 16.8. The fraction of sp³-hybridized carbons (Fsp3) is 0.667. The van der Waals surface area contributed by atoms with E-state index in [4.69, 9.17) is 18.9 Å². The van der Waals surface area contributed by atoms with Crippen molar-refractivity contribution in [2.45, 2.75) is 128 Å². The Kier molecular flexibility index (Phi) is 9.59. The lowest BCUT2D eigenvalue weighted by atomic mass is 9.44. The number of alkyl carbamates (subject to hydrolysis) is 1. The number of carbonyl (C=O) groups is 4. The summed E-state index contributed by atoms with van der Waals surface area (Å²) in [5.41, 5.74) is -7.74. The Balaban J connectivity index is 1.56. The highest BCUT2D eigenvalue weighted by Gasteiger charge is 2.76. The van der Waals surface area contributed by atoms with E-state index in [0.29, 0.717) is 5.56 Å². The van der Waals surface area contributed by atoms with E-state index in [1.165, 1.54) is 27.7 Å². The van der Waals surface area contributed by atoms with Crippen LogP contribution in [0.15, 0.2) is 41.5 Å². The molecule has 3 aliphatic carbocycles. The van der Waals surface area contributed by atoms with E-state index in [-0.39, 0.29) is 24.2 Å². The van der Waals surface area contributed by atoms with E-state index in [9.17, 15) is 44.7 Å². The van der Waals surface area contributed by atoms with E-state index in [2.05, 4.69) is 5.32 Å². The average molecular weight is 704 g/mol. The minimum Gasteiger partial charge on any atom is -0.456 e. The second-order valence-corrected chi connectivity index (χ2v) is 15.8. The fourth-order valence-electron chi connectivity index (χ4n) is 8.68. The third-order valence-electron chi connectivity index (χ3n) is 11.4. The van der Waals surface area contributed by atoms with Crippen molar-refractivity contribution in [3.8, 4) is 0 Å². The Labute approximate surface area is 290 Å². The lowest BCUT2D eigenvalue weighted by Gasteiger charge is -2.67. The zero-order valence-corrected chi connectivity index (χ0v) is 29.6. The quantitative estimate of drug-likeness (QED) is 0.140. The molecule has 11 atom stereocenters. The summed E-state index contributed by atoms with van der Waals surface area (Å²) in [7, 11) is 0. The molecule has 1 aliphatic heterocycles. The molecule has 2 saturated carbocycles. The number of hydrogen-bond donors (Lipinski definition) is 6. The van der Waals surface area contributed by atoms with Crippen molar-refractivity contribution in [1.29, 1.82) is 0 Å². The summed E-state index contributed by atoms with van der Waals surface area (Å²) in [5.74, 6) is -4.29. The number of ketones is 1. The topological polar surface area (TPSA) is 218 Å². The molecular weight excluding hydrogens is 654 g/mol. The highest BCUT2D eigenvalue weighted by Crippen LogP contribution is 2.63. The number of aliphatic hydroxyl groups excluding tert-OH is 4. The number of Topliss-reactive ketones (excluding diaryl/α,β-unsaturated/α-hetero) is 1. The van der Waals surface area contributed by atoms with Gasteiger partial charge in [0, 0.05) is 31.1 Å². The highest BCUT2D eigenvalue weighted by molar-refractivity contribution is 5.93. The van der Waals surface area contributed by atoms with E-state index in [1.807, 2.05) is 0 Å². The number of esters is 2. The summed E-state index contributed by atoms with van der Waals surface area (Å²) in [6.45, 7) is 11.8. The van der Waals surface area contributed by atoms with Crippen LogP contribution in [-0.2, 0) is 33.3 Å². The molecule has 1 aromatic rings. The van der Waals surface area contributed by atoms with Gasteiger partial charge in [-0.2, -0.15) is 0 Å². The smallest absolute Gasteiger partial charge is 0.408 e. The van der Waals surface area contributed by atoms with Crippen LogP contribution in [0.1, 0.15) is 79.8 Å². The summed E-state index contributed by atoms with van der Waals surface area (Å²) in [4.78, 5) is 53.3. The summed E-state index contributed by atoms with van der Waals surface area (Å²) in [6.07, 6.45) is -11.1. The Morgan fingerprint density at radius 1 is 1.06 bits per heavy atom. The standard InChI is InChI=1S/C36H49NO13/c1-17-20(48-30(44)26(41)24(19-12-10-9-11-13-19)37-31(45)50-32(3,4)5)15-36(46)29(43)27-34(8,28(42)25(40)23(17)33(36,6)7)21(39)14-22-35(27,16-47-22)49-18(2)38/h9-13,20-22,24-27,29,39-41,43,46H,14-16H2,1-8H3,(H,37,45)/t20-,21-,22+,24-,25+,26+,27?,29?,34+,35-,36+/m0/s1. The van der Waals surface area contributed by atoms with Gasteiger partial charge in [-0.25, -0.2) is 9.59 Å². The van der Waals surface area contributed by atoms with Gasteiger partial charge in [0.05, 0.1) is 30.3 Å². The molecule has 5 rings (SSSR count). The van der Waals surface area contributed by atoms with Crippen molar-refractivity contribution in [2.75, 3.05) is 6.61 Å². The summed E-state index contributed by atoms with van der Waals surface area (Å²) in [6, 6.07) is 6.84.